The van der Waals surface area contributed by atoms with Crippen LogP contribution in [-0.2, 0) is 12.8 Å². The summed E-state index contributed by atoms with van der Waals surface area (Å²) in [5, 5.41) is 14.0. The minimum absolute atomic E-state index is 0.0661. The molecule has 3 aromatic heterocycles. The number of nitrogens with zero attached hydrogens (tertiary/aromatic N) is 4. The van der Waals surface area contributed by atoms with Crippen LogP contribution in [0.25, 0.3) is 11.4 Å². The Morgan fingerprint density at radius 1 is 1.00 bits per heavy atom. The molecule has 8 nitrogen and oxygen atoms in total. The van der Waals surface area contributed by atoms with Crippen molar-refractivity contribution < 1.29 is 4.74 Å². The molecular formula is C26H25N7O. The summed E-state index contributed by atoms with van der Waals surface area (Å²) in [6.07, 6.45) is 5.32. The molecule has 4 rings (SSSR count). The van der Waals surface area contributed by atoms with Gasteiger partial charge in [0.15, 0.2) is 5.75 Å². The highest BCUT2D eigenvalue weighted by molar-refractivity contribution is 5.79. The zero-order valence-electron chi connectivity index (χ0n) is 18.8. The van der Waals surface area contributed by atoms with Crippen LogP contribution in [-0.4, -0.2) is 20.8 Å². The summed E-state index contributed by atoms with van der Waals surface area (Å²) in [7, 11) is 0. The van der Waals surface area contributed by atoms with Gasteiger partial charge >= 0.3 is 0 Å². The van der Waals surface area contributed by atoms with Gasteiger partial charge in [0.05, 0.1) is 5.69 Å². The normalized spacial score (nSPS) is 10.5. The molecule has 0 saturated carbocycles. The molecule has 3 N–H and O–H groups in total. The van der Waals surface area contributed by atoms with Gasteiger partial charge in [-0.05, 0) is 60.9 Å². The van der Waals surface area contributed by atoms with Crippen molar-refractivity contribution in [2.24, 2.45) is 5.11 Å². The maximum Gasteiger partial charge on any atom is 0.155 e. The van der Waals surface area contributed by atoms with Crippen molar-refractivity contribution in [2.45, 2.75) is 26.2 Å². The molecule has 0 radical (unpaired) electrons. The average Bonchev–Trinajstić information content (AvgIpc) is 2.88. The first-order chi connectivity index (χ1) is 16.6. The summed E-state index contributed by atoms with van der Waals surface area (Å²) in [6, 6.07) is 21.1. The van der Waals surface area contributed by atoms with E-state index in [1.54, 1.807) is 18.5 Å². The van der Waals surface area contributed by atoms with Crippen LogP contribution in [0.4, 0.5) is 11.5 Å². The zero-order chi connectivity index (χ0) is 23.8. The molecule has 0 spiro atoms. The van der Waals surface area contributed by atoms with E-state index >= 15 is 0 Å². The first-order valence-electron chi connectivity index (χ1n) is 11.0. The molecule has 0 aliphatic rings. The van der Waals surface area contributed by atoms with Crippen molar-refractivity contribution in [1.82, 2.24) is 15.0 Å². The molecule has 0 unspecified atom stereocenters. The van der Waals surface area contributed by atoms with Gasteiger partial charge in [0.25, 0.3) is 0 Å². The van der Waals surface area contributed by atoms with Gasteiger partial charge in [0.2, 0.25) is 0 Å². The number of rotatable bonds is 9. The highest BCUT2D eigenvalue weighted by Gasteiger charge is 2.12. The number of hydrogen-bond donors (Lipinski definition) is 3. The number of aromatic nitrogens is 3. The topological polar surface area (TPSA) is 120 Å². The van der Waals surface area contributed by atoms with Crippen LogP contribution >= 0.6 is 0 Å². The van der Waals surface area contributed by atoms with E-state index in [1.807, 2.05) is 60.7 Å². The van der Waals surface area contributed by atoms with Crippen LogP contribution in [0.1, 0.15) is 24.6 Å². The van der Waals surface area contributed by atoms with Crippen molar-refractivity contribution in [3.8, 4) is 22.9 Å². The molecule has 8 heteroatoms. The van der Waals surface area contributed by atoms with Gasteiger partial charge in [-0.1, -0.05) is 25.1 Å². The number of hydrogen-bond acceptors (Lipinski definition) is 7. The quantitative estimate of drug-likeness (QED) is 0.151. The number of aryl methyl sites for hydroxylation is 2. The second-order valence-electron chi connectivity index (χ2n) is 7.58. The van der Waals surface area contributed by atoms with Crippen molar-refractivity contribution in [3.63, 3.8) is 0 Å². The maximum atomic E-state index is 7.53. The van der Waals surface area contributed by atoms with Gasteiger partial charge in [-0.3, -0.25) is 10.4 Å². The van der Waals surface area contributed by atoms with Crippen LogP contribution in [0.15, 0.2) is 84.2 Å². The largest absolute Gasteiger partial charge is 0.455 e. The Balaban J connectivity index is 1.53. The third-order valence-electron chi connectivity index (χ3n) is 5.13. The van der Waals surface area contributed by atoms with Crippen LogP contribution in [0.2, 0.25) is 0 Å². The molecule has 0 aliphatic carbocycles. The van der Waals surface area contributed by atoms with E-state index < -0.39 is 0 Å². The zero-order valence-corrected chi connectivity index (χ0v) is 18.8. The minimum Gasteiger partial charge on any atom is -0.455 e. The second-order valence-corrected chi connectivity index (χ2v) is 7.58. The summed E-state index contributed by atoms with van der Waals surface area (Å²) < 4.78 is 6.21. The summed E-state index contributed by atoms with van der Waals surface area (Å²) in [4.78, 5) is 13.6. The fraction of sp³-hybridized carbons (Fsp3) is 0.154. The molecule has 0 fully saturated rings. The van der Waals surface area contributed by atoms with Gasteiger partial charge in [0.1, 0.15) is 23.1 Å². The molecule has 170 valence electrons. The molecule has 0 atom stereocenters. The lowest BCUT2D eigenvalue weighted by atomic mass is 10.1. The molecule has 0 aliphatic heterocycles. The standard InChI is InChI=1S/C26H25N7O/c1-2-19-10-11-23(26(32-19)22-8-3-4-14-29-22)34-21-13-15-30-25(17-21)31-20-7-5-6-18(16-20)9-12-24(27)33-28/h3-8,10-11,13-17,27-28H,2,9,12H2,1H3,(H,30,31). The van der Waals surface area contributed by atoms with Crippen LogP contribution in [0.3, 0.4) is 0 Å². The monoisotopic (exact) mass is 451 g/mol. The van der Waals surface area contributed by atoms with Crippen LogP contribution in [0.5, 0.6) is 11.5 Å². The van der Waals surface area contributed by atoms with Crippen molar-refractivity contribution >= 4 is 17.3 Å². The summed E-state index contributed by atoms with van der Waals surface area (Å²) in [6.45, 7) is 2.07. The summed E-state index contributed by atoms with van der Waals surface area (Å²) in [5.41, 5.74) is 11.3. The fourth-order valence-corrected chi connectivity index (χ4v) is 3.39. The summed E-state index contributed by atoms with van der Waals surface area (Å²) in [5.74, 6) is 1.96. The van der Waals surface area contributed by atoms with Crippen molar-refractivity contribution in [1.29, 1.82) is 10.9 Å². The highest BCUT2D eigenvalue weighted by Crippen LogP contribution is 2.32. The van der Waals surface area contributed by atoms with Crippen molar-refractivity contribution in [2.75, 3.05) is 5.32 Å². The lowest BCUT2D eigenvalue weighted by Gasteiger charge is -2.13. The van der Waals surface area contributed by atoms with E-state index in [0.717, 1.165) is 29.1 Å². The van der Waals surface area contributed by atoms with E-state index in [2.05, 4.69) is 27.3 Å². The Labute approximate surface area is 198 Å². The third-order valence-corrected chi connectivity index (χ3v) is 5.13. The highest BCUT2D eigenvalue weighted by atomic mass is 16.5. The number of anilines is 2. The number of nitrogens with one attached hydrogen (secondary N) is 3. The molecule has 1 aromatic carbocycles. The average molecular weight is 452 g/mol. The lowest BCUT2D eigenvalue weighted by Crippen LogP contribution is -1.98. The SMILES string of the molecule is CCc1ccc(Oc2ccnc(Nc3cccc(CCC(=N)N=N)c3)c2)c(-c2ccccn2)n1. The van der Waals surface area contributed by atoms with Crippen molar-refractivity contribution in [3.05, 3.63) is 90.4 Å². The molecule has 34 heavy (non-hydrogen) atoms. The molecule has 0 saturated heterocycles. The lowest BCUT2D eigenvalue weighted by molar-refractivity contribution is 0.481. The van der Waals surface area contributed by atoms with Gasteiger partial charge in [-0.15, -0.1) is 5.11 Å². The Kier molecular flexibility index (Phi) is 7.29. The Hall–Kier alpha value is -4.46. The smallest absolute Gasteiger partial charge is 0.155 e. The molecule has 4 aromatic rings. The number of benzene rings is 1. The molecular weight excluding hydrogens is 426 g/mol. The third kappa shape index (κ3) is 5.86. The number of ether oxygens (including phenoxy) is 1. The predicted octanol–water partition coefficient (Wildman–Crippen LogP) is 6.58. The molecule has 0 bridgehead atoms. The second kappa shape index (κ2) is 10.9. The van der Waals surface area contributed by atoms with Gasteiger partial charge < -0.3 is 10.1 Å². The van der Waals surface area contributed by atoms with Gasteiger partial charge in [-0.2, -0.15) is 0 Å². The Morgan fingerprint density at radius 3 is 2.71 bits per heavy atom. The minimum atomic E-state index is 0.0661. The van der Waals surface area contributed by atoms with E-state index in [4.69, 9.17) is 20.7 Å². The van der Waals surface area contributed by atoms with Crippen LogP contribution in [0, 0.1) is 10.9 Å². The van der Waals surface area contributed by atoms with Crippen LogP contribution < -0.4 is 10.1 Å². The maximum absolute atomic E-state index is 7.53. The number of amidine groups is 1. The summed E-state index contributed by atoms with van der Waals surface area (Å²) >= 11 is 0. The molecule has 3 heterocycles. The van der Waals surface area contributed by atoms with E-state index in [1.165, 1.54) is 0 Å². The van der Waals surface area contributed by atoms with Gasteiger partial charge in [0, 0.05) is 36.3 Å². The Bertz CT molecular complexity index is 1290. The first-order valence-corrected chi connectivity index (χ1v) is 11.0. The Morgan fingerprint density at radius 2 is 1.91 bits per heavy atom. The first kappa shape index (κ1) is 22.7. The predicted molar refractivity (Wildman–Crippen MR) is 132 cm³/mol. The fourth-order valence-electron chi connectivity index (χ4n) is 3.39. The van der Waals surface area contributed by atoms with E-state index in [0.29, 0.717) is 35.9 Å². The van der Waals surface area contributed by atoms with E-state index in [9.17, 15) is 0 Å². The van der Waals surface area contributed by atoms with E-state index in [-0.39, 0.29) is 5.84 Å². The number of pyridine rings is 3. The molecule has 0 amide bonds. The van der Waals surface area contributed by atoms with Gasteiger partial charge in [-0.25, -0.2) is 15.5 Å².